The van der Waals surface area contributed by atoms with Gasteiger partial charge in [-0.2, -0.15) is 0 Å². The van der Waals surface area contributed by atoms with E-state index in [-0.39, 0.29) is 56.2 Å². The number of rotatable bonds is 1. The van der Waals surface area contributed by atoms with E-state index in [1.165, 1.54) is 0 Å². The van der Waals surface area contributed by atoms with Crippen molar-refractivity contribution in [2.24, 2.45) is 14.6 Å². The Bertz CT molecular complexity index is 365. The van der Waals surface area contributed by atoms with Gasteiger partial charge in [-0.15, -0.1) is 0 Å². The van der Waals surface area contributed by atoms with Crippen molar-refractivity contribution in [2.75, 3.05) is 0 Å². The monoisotopic (exact) mass is 467 g/mol. The van der Waals surface area contributed by atoms with Crippen molar-refractivity contribution >= 4 is 47.4 Å². The van der Waals surface area contributed by atoms with Crippen molar-refractivity contribution in [3.63, 3.8) is 0 Å². The van der Waals surface area contributed by atoms with Crippen LogP contribution in [0.4, 0.5) is 0 Å². The summed E-state index contributed by atoms with van der Waals surface area (Å²) in [4.78, 5) is 15.3. The molecule has 86 valence electrons. The maximum absolute atomic E-state index is 11.1. The van der Waals surface area contributed by atoms with Crippen molar-refractivity contribution < 1.29 is 49.6 Å². The van der Waals surface area contributed by atoms with Gasteiger partial charge in [-0.1, -0.05) is 0 Å². The van der Waals surface area contributed by atoms with E-state index in [1.807, 2.05) is 17.1 Å². The van der Waals surface area contributed by atoms with Gasteiger partial charge in [0, 0.05) is 0 Å². The molecular weight excluding hydrogens is 465 g/mol. The Kier molecular flexibility index (Phi) is 10.6. The van der Waals surface area contributed by atoms with E-state index in [9.17, 15) is 4.79 Å². The molecule has 0 aromatic carbocycles. The molecule has 0 aromatic heterocycles. The van der Waals surface area contributed by atoms with Crippen LogP contribution in [0.1, 0.15) is 0 Å². The van der Waals surface area contributed by atoms with Crippen LogP contribution < -0.4 is 5.73 Å². The summed E-state index contributed by atoms with van der Waals surface area (Å²) < 4.78 is 3.57. The summed E-state index contributed by atoms with van der Waals surface area (Å²) in [6.07, 6.45) is 6.10. The zero-order valence-corrected chi connectivity index (χ0v) is 12.7. The molecule has 4 nitrogen and oxygen atoms in total. The van der Waals surface area contributed by atoms with Crippen molar-refractivity contribution in [3.05, 3.63) is 22.9 Å². The van der Waals surface area contributed by atoms with Gasteiger partial charge in [-0.25, -0.2) is 0 Å². The first-order valence-electron chi connectivity index (χ1n) is 3.17. The molecule has 0 fully saturated rings. The van der Waals surface area contributed by atoms with Gasteiger partial charge in [0.15, 0.2) is 0 Å². The van der Waals surface area contributed by atoms with Crippen LogP contribution in [0.25, 0.3) is 0 Å². The first-order chi connectivity index (χ1) is 6.19. The molecule has 0 aromatic rings. The molecule has 2 N–H and O–H groups in total. The topological polar surface area (TPSA) is 67.8 Å². The Morgan fingerprint density at radius 2 is 2.20 bits per heavy atom. The number of carbonyl (C=O) groups excluding carboxylic acids is 1. The van der Waals surface area contributed by atoms with Crippen LogP contribution in [-0.4, -0.2) is 34.8 Å². The van der Waals surface area contributed by atoms with E-state index >= 15 is 0 Å². The zero-order valence-electron chi connectivity index (χ0n) is 6.95. The number of hydrogen-bond acceptors (Lipinski definition) is 5. The third-order valence-electron chi connectivity index (χ3n) is 1.23. The number of nitrogens with zero attached hydrogens (tertiary/aromatic N) is 2. The molecule has 0 amide bonds. The van der Waals surface area contributed by atoms with Gasteiger partial charge in [-0.3, -0.25) is 0 Å². The molecule has 0 saturated heterocycles. The van der Waals surface area contributed by atoms with E-state index in [0.717, 1.165) is 6.20 Å². The average molecular weight is 469 g/mol. The fourth-order valence-corrected chi connectivity index (χ4v) is 1.09. The minimum Gasteiger partial charge on any atom is 1.00 e. The third-order valence-corrected chi connectivity index (χ3v) is 1.77. The number of hydrogen-bond donors (Lipinski definition) is 2. The molecule has 0 bridgehead atoms. The van der Waals surface area contributed by atoms with Gasteiger partial charge in [-0.05, 0) is 0 Å². The van der Waals surface area contributed by atoms with Gasteiger partial charge in [0.2, 0.25) is 0 Å². The van der Waals surface area contributed by atoms with Crippen molar-refractivity contribution in [1.82, 2.24) is 0 Å². The molecule has 0 aliphatic carbocycles. The molecule has 0 spiro atoms. The molecule has 1 aliphatic rings. The number of ketones is 1. The number of Topliss-reactive ketones (excluding diaryl/α,β-unsaturated/α-hetero) is 1. The van der Waals surface area contributed by atoms with Gasteiger partial charge in [0.05, 0.1) is 0 Å². The van der Waals surface area contributed by atoms with E-state index in [1.54, 1.807) is 0 Å². The first kappa shape index (κ1) is 18.1. The second-order valence-corrected chi connectivity index (χ2v) is 2.89. The largest absolute Gasteiger partial charge is 1.00 e. The summed E-state index contributed by atoms with van der Waals surface area (Å²) in [5, 5.41) is 0. The first-order valence-corrected chi connectivity index (χ1v) is 4.46. The molecule has 2 radical (unpaired) electrons. The van der Waals surface area contributed by atoms with Crippen LogP contribution in [0.2, 0.25) is 0 Å². The quantitative estimate of drug-likeness (QED) is 0.178. The third kappa shape index (κ3) is 5.02. The summed E-state index contributed by atoms with van der Waals surface area (Å²) in [6.45, 7) is 0. The average Bonchev–Trinajstić information content (AvgIpc) is 2.10. The molecule has 0 saturated carbocycles. The van der Waals surface area contributed by atoms with Crippen LogP contribution in [0.5, 0.6) is 0 Å². The summed E-state index contributed by atoms with van der Waals surface area (Å²) in [7, 11) is 0. The maximum Gasteiger partial charge on any atom is 1.00 e. The SMILES string of the molecule is N/C=C1\N=C([C-]=N[As])C(S)=[C-]C1=O.[Ag+].[Ag+]. The van der Waals surface area contributed by atoms with Crippen LogP contribution in [0.3, 0.4) is 0 Å². The summed E-state index contributed by atoms with van der Waals surface area (Å²) >= 11 is 5.95. The van der Waals surface area contributed by atoms with Crippen molar-refractivity contribution in [3.8, 4) is 0 Å². The Balaban J connectivity index is 0. The normalized spacial score (nSPS) is 18.0. The summed E-state index contributed by atoms with van der Waals surface area (Å²) in [5.74, 6) is -0.386. The number of dihydropyridines is 1. The Hall–Kier alpha value is 0.679. The molecule has 15 heavy (non-hydrogen) atoms. The molecule has 1 rings (SSSR count). The smallest absolute Gasteiger partial charge is 1.00 e. The van der Waals surface area contributed by atoms with Gasteiger partial charge in [0.25, 0.3) is 0 Å². The van der Waals surface area contributed by atoms with E-state index in [4.69, 9.17) is 5.73 Å². The number of thiol groups is 1. The number of aliphatic imine (C=N–C) groups is 1. The number of allylic oxidation sites excluding steroid dienone is 2. The van der Waals surface area contributed by atoms with E-state index in [2.05, 4.69) is 33.8 Å². The molecular formula is C7H4Ag2AsN3OS. The molecule has 1 heterocycles. The summed E-state index contributed by atoms with van der Waals surface area (Å²) in [6, 6.07) is 0. The van der Waals surface area contributed by atoms with Crippen LogP contribution >= 0.6 is 12.6 Å². The minimum absolute atomic E-state index is 0. The fourth-order valence-electron chi connectivity index (χ4n) is 0.693. The molecule has 8 heteroatoms. The molecule has 1 aliphatic heterocycles. The molecule has 0 unspecified atom stereocenters. The van der Waals surface area contributed by atoms with Gasteiger partial charge in [0.1, 0.15) is 0 Å². The maximum atomic E-state index is 11.1. The number of carbonyl (C=O) groups is 1. The van der Waals surface area contributed by atoms with Gasteiger partial charge < -0.3 is 0 Å². The van der Waals surface area contributed by atoms with E-state index in [0.29, 0.717) is 10.6 Å². The predicted octanol–water partition coefficient (Wildman–Crippen LogP) is -0.547. The minimum atomic E-state index is -0.386. The Morgan fingerprint density at radius 3 is 2.67 bits per heavy atom. The number of nitrogens with two attached hydrogens (primary N) is 1. The fraction of sp³-hybridized carbons (Fsp3) is 0. The van der Waals surface area contributed by atoms with E-state index < -0.39 is 0 Å². The zero-order chi connectivity index (χ0) is 9.84. The van der Waals surface area contributed by atoms with Crippen molar-refractivity contribution in [1.29, 1.82) is 0 Å². The Morgan fingerprint density at radius 1 is 1.60 bits per heavy atom. The Labute approximate surface area is 133 Å². The standard InChI is InChI=1S/C7H4AsN3OS.2Ag/c8-10-3-5-7(13)1-6(12)4(2-9)11-5;;/h2,13H,9H2;;/q-2;2*+1/b4-2-;;. The predicted molar refractivity (Wildman–Crippen MR) is 53.6 cm³/mol. The molecule has 0 atom stereocenters. The van der Waals surface area contributed by atoms with Crippen molar-refractivity contribution in [2.45, 2.75) is 0 Å². The van der Waals surface area contributed by atoms with Crippen LogP contribution in [0, 0.1) is 6.08 Å². The van der Waals surface area contributed by atoms with Crippen LogP contribution in [0.15, 0.2) is 25.7 Å². The van der Waals surface area contributed by atoms with Crippen LogP contribution in [-0.2, 0) is 49.6 Å². The summed E-state index contributed by atoms with van der Waals surface area (Å²) in [5.41, 5.74) is 5.64. The second-order valence-electron chi connectivity index (χ2n) is 2.03. The van der Waals surface area contributed by atoms with Gasteiger partial charge >= 0.3 is 134 Å². The second kappa shape index (κ2) is 8.79.